The predicted molar refractivity (Wildman–Crippen MR) is 102 cm³/mol. The van der Waals surface area contributed by atoms with Gasteiger partial charge >= 0.3 is 0 Å². The molecular formula is C20H15ClFN3O2. The second-order valence-corrected chi connectivity index (χ2v) is 6.13. The minimum atomic E-state index is -0.510. The molecule has 0 atom stereocenters. The number of aryl methyl sites for hydroxylation is 1. The first-order valence-electron chi connectivity index (χ1n) is 8.01. The fraction of sp³-hybridized carbons (Fsp3) is 0.0500. The van der Waals surface area contributed by atoms with E-state index < -0.39 is 11.7 Å². The average Bonchev–Trinajstić information content (AvgIpc) is 3.07. The Morgan fingerprint density at radius 3 is 2.56 bits per heavy atom. The van der Waals surface area contributed by atoms with Gasteiger partial charge in [0.1, 0.15) is 5.82 Å². The maximum atomic E-state index is 13.7. The van der Waals surface area contributed by atoms with E-state index >= 15 is 0 Å². The monoisotopic (exact) mass is 383 g/mol. The lowest BCUT2D eigenvalue weighted by Crippen LogP contribution is -2.10. The summed E-state index contributed by atoms with van der Waals surface area (Å²) in [7, 11) is 1.74. The number of carbonyl (C=O) groups is 2. The van der Waals surface area contributed by atoms with Crippen LogP contribution in [-0.4, -0.2) is 21.2 Å². The molecule has 7 heteroatoms. The first-order valence-corrected chi connectivity index (χ1v) is 8.38. The van der Waals surface area contributed by atoms with Crippen LogP contribution in [0.4, 0.5) is 10.1 Å². The molecule has 3 rings (SSSR count). The Kier molecular flexibility index (Phi) is 5.47. The molecule has 0 fully saturated rings. The van der Waals surface area contributed by atoms with Crippen LogP contribution in [0.25, 0.3) is 6.08 Å². The third-order valence-electron chi connectivity index (χ3n) is 3.84. The lowest BCUT2D eigenvalue weighted by molar-refractivity contribution is -0.111. The Hall–Kier alpha value is -3.25. The van der Waals surface area contributed by atoms with Crippen LogP contribution in [-0.2, 0) is 11.8 Å². The third-order valence-corrected chi connectivity index (χ3v) is 4.17. The number of ketones is 1. The van der Waals surface area contributed by atoms with Crippen molar-refractivity contribution in [3.05, 3.63) is 88.7 Å². The van der Waals surface area contributed by atoms with Crippen molar-refractivity contribution >= 4 is 35.1 Å². The molecule has 0 radical (unpaired) electrons. The van der Waals surface area contributed by atoms with Gasteiger partial charge in [0.2, 0.25) is 11.7 Å². The zero-order valence-electron chi connectivity index (χ0n) is 14.3. The molecule has 1 amide bonds. The van der Waals surface area contributed by atoms with Crippen LogP contribution in [0.2, 0.25) is 5.02 Å². The van der Waals surface area contributed by atoms with Crippen molar-refractivity contribution in [1.82, 2.24) is 9.55 Å². The Morgan fingerprint density at radius 2 is 1.93 bits per heavy atom. The molecule has 0 unspecified atom stereocenters. The van der Waals surface area contributed by atoms with Gasteiger partial charge in [0.15, 0.2) is 5.82 Å². The van der Waals surface area contributed by atoms with Crippen LogP contribution in [0.5, 0.6) is 0 Å². The first kappa shape index (κ1) is 18.5. The van der Waals surface area contributed by atoms with Gasteiger partial charge in [-0.2, -0.15) is 0 Å². The number of halogens is 2. The van der Waals surface area contributed by atoms with E-state index in [0.717, 1.165) is 0 Å². The highest BCUT2D eigenvalue weighted by Gasteiger charge is 2.13. The van der Waals surface area contributed by atoms with E-state index in [9.17, 15) is 14.0 Å². The lowest BCUT2D eigenvalue weighted by atomic mass is 10.1. The number of nitrogens with one attached hydrogen (secondary N) is 1. The van der Waals surface area contributed by atoms with Crippen molar-refractivity contribution in [1.29, 1.82) is 0 Å². The van der Waals surface area contributed by atoms with Crippen LogP contribution >= 0.6 is 11.6 Å². The molecule has 0 spiro atoms. The van der Waals surface area contributed by atoms with Crippen LogP contribution in [0.15, 0.2) is 60.9 Å². The highest BCUT2D eigenvalue weighted by Crippen LogP contribution is 2.20. The Bertz CT molecular complexity index is 1010. The molecule has 27 heavy (non-hydrogen) atoms. The molecule has 0 aliphatic rings. The van der Waals surface area contributed by atoms with Crippen molar-refractivity contribution in [3.63, 3.8) is 0 Å². The SMILES string of the molecule is Cn1ccnc1C(=O)c1ccc(NC(=O)C=Cc2c(F)cccc2Cl)cc1. The highest BCUT2D eigenvalue weighted by atomic mass is 35.5. The number of hydrogen-bond acceptors (Lipinski definition) is 3. The fourth-order valence-corrected chi connectivity index (χ4v) is 2.66. The number of rotatable bonds is 5. The number of amides is 1. The minimum Gasteiger partial charge on any atom is -0.331 e. The van der Waals surface area contributed by atoms with Crippen molar-refractivity contribution in [2.24, 2.45) is 7.05 Å². The molecular weight excluding hydrogens is 369 g/mol. The van der Waals surface area contributed by atoms with Gasteiger partial charge in [-0.05, 0) is 42.5 Å². The van der Waals surface area contributed by atoms with Crippen molar-refractivity contribution in [2.45, 2.75) is 0 Å². The Morgan fingerprint density at radius 1 is 1.19 bits per heavy atom. The predicted octanol–water partition coefficient (Wildman–Crippen LogP) is 4.10. The van der Waals surface area contributed by atoms with Crippen molar-refractivity contribution < 1.29 is 14.0 Å². The summed E-state index contributed by atoms with van der Waals surface area (Å²) in [5.41, 5.74) is 1.10. The molecule has 136 valence electrons. The van der Waals surface area contributed by atoms with Gasteiger partial charge in [-0.15, -0.1) is 0 Å². The van der Waals surface area contributed by atoms with Crippen LogP contribution < -0.4 is 5.32 Å². The van der Waals surface area contributed by atoms with Gasteiger partial charge in [0.25, 0.3) is 0 Å². The van der Waals surface area contributed by atoms with Gasteiger partial charge in [0, 0.05) is 42.3 Å². The van der Waals surface area contributed by atoms with Gasteiger partial charge in [0.05, 0.1) is 5.02 Å². The zero-order valence-corrected chi connectivity index (χ0v) is 15.1. The summed E-state index contributed by atoms with van der Waals surface area (Å²) < 4.78 is 15.3. The standard InChI is InChI=1S/C20H15ClFN3O2/c1-25-12-11-23-20(25)19(27)13-5-7-14(8-6-13)24-18(26)10-9-15-16(21)3-2-4-17(15)22/h2-12H,1H3,(H,24,26). The summed E-state index contributed by atoms with van der Waals surface area (Å²) in [6, 6.07) is 10.7. The van der Waals surface area contributed by atoms with Gasteiger partial charge in [-0.1, -0.05) is 17.7 Å². The maximum Gasteiger partial charge on any atom is 0.248 e. The highest BCUT2D eigenvalue weighted by molar-refractivity contribution is 6.32. The molecule has 0 bridgehead atoms. The van der Waals surface area contributed by atoms with Gasteiger partial charge < -0.3 is 9.88 Å². The molecule has 0 saturated carbocycles. The van der Waals surface area contributed by atoms with Gasteiger partial charge in [-0.25, -0.2) is 9.37 Å². The number of aromatic nitrogens is 2. The van der Waals surface area contributed by atoms with E-state index in [-0.39, 0.29) is 16.4 Å². The van der Waals surface area contributed by atoms with Crippen LogP contribution in [0, 0.1) is 5.82 Å². The molecule has 3 aromatic rings. The molecule has 0 aliphatic heterocycles. The number of benzene rings is 2. The average molecular weight is 384 g/mol. The summed E-state index contributed by atoms with van der Waals surface area (Å²) in [4.78, 5) is 28.4. The second kappa shape index (κ2) is 7.97. The third kappa shape index (κ3) is 4.30. The quantitative estimate of drug-likeness (QED) is 0.533. The number of anilines is 1. The normalized spacial score (nSPS) is 10.9. The fourth-order valence-electron chi connectivity index (χ4n) is 2.43. The molecule has 0 aliphatic carbocycles. The summed E-state index contributed by atoms with van der Waals surface area (Å²) >= 11 is 5.91. The largest absolute Gasteiger partial charge is 0.331 e. The molecule has 1 N–H and O–H groups in total. The van der Waals surface area contributed by atoms with E-state index in [0.29, 0.717) is 17.1 Å². The van der Waals surface area contributed by atoms with Crippen molar-refractivity contribution in [2.75, 3.05) is 5.32 Å². The van der Waals surface area contributed by atoms with E-state index in [2.05, 4.69) is 10.3 Å². The first-order chi connectivity index (χ1) is 13.0. The molecule has 5 nitrogen and oxygen atoms in total. The smallest absolute Gasteiger partial charge is 0.248 e. The Labute approximate surface area is 160 Å². The molecule has 0 saturated heterocycles. The van der Waals surface area contributed by atoms with E-state index in [1.165, 1.54) is 24.3 Å². The minimum absolute atomic E-state index is 0.144. The van der Waals surface area contributed by atoms with Crippen molar-refractivity contribution in [3.8, 4) is 0 Å². The summed E-state index contributed by atoms with van der Waals surface area (Å²) in [6.07, 6.45) is 5.75. The molecule has 1 aromatic heterocycles. The maximum absolute atomic E-state index is 13.7. The number of nitrogens with zero attached hydrogens (tertiary/aromatic N) is 2. The number of carbonyl (C=O) groups excluding carboxylic acids is 2. The van der Waals surface area contributed by atoms with E-state index in [1.54, 1.807) is 54.3 Å². The van der Waals surface area contributed by atoms with Gasteiger partial charge in [-0.3, -0.25) is 9.59 Å². The van der Waals surface area contributed by atoms with Crippen LogP contribution in [0.1, 0.15) is 21.7 Å². The summed E-state index contributed by atoms with van der Waals surface area (Å²) in [5.74, 6) is -0.841. The zero-order chi connectivity index (χ0) is 19.4. The Balaban J connectivity index is 1.68. The number of imidazole rings is 1. The number of hydrogen-bond donors (Lipinski definition) is 1. The summed E-state index contributed by atoms with van der Waals surface area (Å²) in [5, 5.41) is 2.86. The lowest BCUT2D eigenvalue weighted by Gasteiger charge is -2.05. The van der Waals surface area contributed by atoms with E-state index in [4.69, 9.17) is 11.6 Å². The molecule has 1 heterocycles. The van der Waals surface area contributed by atoms with Crippen LogP contribution in [0.3, 0.4) is 0 Å². The topological polar surface area (TPSA) is 64.0 Å². The second-order valence-electron chi connectivity index (χ2n) is 5.73. The molecule has 2 aromatic carbocycles. The van der Waals surface area contributed by atoms with E-state index in [1.807, 2.05) is 0 Å². The summed E-state index contributed by atoms with van der Waals surface area (Å²) in [6.45, 7) is 0.